The summed E-state index contributed by atoms with van der Waals surface area (Å²) >= 11 is 0. The molecule has 432 valence electrons. The van der Waals surface area contributed by atoms with Crippen molar-refractivity contribution in [1.29, 1.82) is 0 Å². The van der Waals surface area contributed by atoms with Crippen molar-refractivity contribution in [3.63, 3.8) is 0 Å². The van der Waals surface area contributed by atoms with E-state index in [1.165, 1.54) is 31.4 Å². The second-order valence-electron chi connectivity index (χ2n) is 18.8. The minimum absolute atomic E-state index is 0. The fraction of sp³-hybridized carbons (Fsp3) is 0.379. The van der Waals surface area contributed by atoms with E-state index >= 15 is 0 Å². The molecule has 3 aromatic carbocycles. The maximum absolute atomic E-state index is 13.2. The van der Waals surface area contributed by atoms with E-state index in [0.29, 0.717) is 45.4 Å². The maximum Gasteiger partial charge on any atom is 1.00 e. The third-order valence-electron chi connectivity index (χ3n) is 12.7. The van der Waals surface area contributed by atoms with E-state index in [1.807, 2.05) is 13.8 Å². The van der Waals surface area contributed by atoms with E-state index < -0.39 is 79.3 Å². The molecule has 0 fully saturated rings. The number of hydrogen-bond acceptors (Lipinski definition) is 17. The number of hydrazine groups is 1. The SMILES string of the molecule is CCOP(=O)(CN1C(=O)c2ccccc2C1=O)OCC.CO[C@H]1/C=C\C=C(/C)C(=O)NC2=CC(=O)C(C)=C(C[C@@H](C)C[C@H](OC)[C@H](O)[C@@H](C)/C=C(\C)[C@@H]1OC(N)=O)C2=O.Cc1ccc(C)cc1.NN.O=C1[N-]C(=O)c2ccccc21.[K+]. The number of primary amides is 1. The Hall–Kier alpha value is -5.69. The number of fused-ring (bicyclic) bond motifs is 4. The van der Waals surface area contributed by atoms with E-state index in [1.54, 1.807) is 101 Å². The summed E-state index contributed by atoms with van der Waals surface area (Å²) < 4.78 is 39.1. The van der Waals surface area contributed by atoms with Crippen LogP contribution in [0.4, 0.5) is 4.79 Å². The second kappa shape index (κ2) is 34.7. The Morgan fingerprint density at radius 3 is 1.73 bits per heavy atom. The number of aliphatic hydroxyl groups excluding tert-OH is 1. The minimum Gasteiger partial charge on any atom is -0.587 e. The first-order valence-corrected chi connectivity index (χ1v) is 27.3. The molecule has 81 heavy (non-hydrogen) atoms. The number of aryl methyl sites for hydroxylation is 2. The standard InChI is InChI=1S/C29H40N2O8.C13H16NO5P.C8H5NO2.C8H10.K.H4N2/c1-15-11-20-19(5)22(32)14-21(26(20)34)31-28(35)16(2)9-8-10-23(37-6)27(39-29(30)36)18(4)13-17(3)25(33)24(12-15)38-7;1-3-18-20(17,19-4-2)9-14-12(15)10-7-5-6-8-11(10)13(14)16;10-7-5-3-1-2-4-6(5)8(11)9-7;1-7-3-5-8(2)6-4-7;;1-2/h8-10,13-15,17,23-25,27,33H,11-12H2,1-7H3,(H2,30,36)(H,31,35);5-8H,3-4,9H2,1-2H3;1-4H,(H,9,10,11);3-6H,1-2H3;;1-2H2/q;;;;+1;/p-1/b10-8-,16-9+,18-13+;;;;;/t15-,17+,23+,24+,25-,27+;;;;;/m1...../s1. The number of aliphatic hydroxyl groups is 1. The summed E-state index contributed by atoms with van der Waals surface area (Å²) in [6.45, 7) is 16.5. The van der Waals surface area contributed by atoms with Crippen LogP contribution in [0.2, 0.25) is 0 Å². The number of rotatable bonds is 9. The number of allylic oxidation sites excluding steroid dienone is 5. The summed E-state index contributed by atoms with van der Waals surface area (Å²) in [5.74, 6) is 4.34. The zero-order valence-electron chi connectivity index (χ0n) is 48.1. The molecule has 3 aromatic rings. The van der Waals surface area contributed by atoms with Gasteiger partial charge < -0.3 is 54.3 Å². The number of methoxy groups -OCH3 is 2. The van der Waals surface area contributed by atoms with Gasteiger partial charge in [-0.2, -0.15) is 0 Å². The quantitative estimate of drug-likeness (QED) is 0.0365. The van der Waals surface area contributed by atoms with E-state index in [-0.39, 0.29) is 100 Å². The molecule has 1 aliphatic carbocycles. The number of carbonyl (C=O) groups is 8. The molecule has 6 atom stereocenters. The van der Waals surface area contributed by atoms with Gasteiger partial charge in [0.2, 0.25) is 5.78 Å². The summed E-state index contributed by atoms with van der Waals surface area (Å²) in [5.41, 5.74) is 10.9. The molecular formula is C58H74KN6O15P. The third kappa shape index (κ3) is 20.6. The maximum atomic E-state index is 13.2. The van der Waals surface area contributed by atoms with Crippen LogP contribution in [0.5, 0.6) is 0 Å². The molecule has 0 spiro atoms. The van der Waals surface area contributed by atoms with Gasteiger partial charge in [0, 0.05) is 54.1 Å². The number of nitrogens with one attached hydrogen (secondary N) is 1. The molecule has 3 heterocycles. The van der Waals surface area contributed by atoms with Crippen molar-refractivity contribution >= 4 is 54.8 Å². The molecule has 0 saturated heterocycles. The molecule has 2 bridgehead atoms. The Bertz CT molecular complexity index is 2860. The Kier molecular flexibility index (Phi) is 30.6. The number of nitrogens with two attached hydrogens (primary N) is 3. The fourth-order valence-electron chi connectivity index (χ4n) is 8.49. The third-order valence-corrected chi connectivity index (χ3v) is 14.7. The molecule has 0 radical (unpaired) electrons. The van der Waals surface area contributed by atoms with Crippen LogP contribution < -0.4 is 74.1 Å². The first kappa shape index (κ1) is 71.4. The largest absolute Gasteiger partial charge is 1.00 e. The van der Waals surface area contributed by atoms with Crippen molar-refractivity contribution in [1.82, 2.24) is 10.2 Å². The van der Waals surface area contributed by atoms with Gasteiger partial charge in [-0.05, 0) is 84.9 Å². The first-order chi connectivity index (χ1) is 37.9. The number of imide groups is 2. The van der Waals surface area contributed by atoms with Gasteiger partial charge in [0.05, 0.1) is 54.1 Å². The minimum atomic E-state index is -3.49. The number of carbonyl (C=O) groups excluding carboxylic acids is 8. The normalized spacial score (nSPS) is 22.7. The molecule has 0 unspecified atom stereocenters. The number of Topliss-reactive ketones (excluding diaryl/α,β-unsaturated/α-hetero) is 1. The van der Waals surface area contributed by atoms with Gasteiger partial charge in [0.15, 0.2) is 11.9 Å². The van der Waals surface area contributed by atoms with Crippen molar-refractivity contribution < 1.29 is 123 Å². The smallest absolute Gasteiger partial charge is 0.587 e. The summed E-state index contributed by atoms with van der Waals surface area (Å²) in [6.07, 6.45) is 3.68. The van der Waals surface area contributed by atoms with Crippen molar-refractivity contribution in [2.75, 3.05) is 33.7 Å². The van der Waals surface area contributed by atoms with Gasteiger partial charge in [-0.3, -0.25) is 45.1 Å². The molecular weight excluding hydrogens is 1090 g/mol. The van der Waals surface area contributed by atoms with Crippen LogP contribution in [0.1, 0.15) is 114 Å². The predicted molar refractivity (Wildman–Crippen MR) is 301 cm³/mol. The van der Waals surface area contributed by atoms with Crippen LogP contribution in [-0.2, 0) is 42.2 Å². The number of hydrogen-bond donors (Lipinski definition) is 5. The average Bonchev–Trinajstić information content (AvgIpc) is 4.08. The van der Waals surface area contributed by atoms with E-state index in [4.69, 9.17) is 29.0 Å². The fourth-order valence-corrected chi connectivity index (χ4v) is 10.1. The van der Waals surface area contributed by atoms with E-state index in [0.717, 1.165) is 11.0 Å². The first-order valence-electron chi connectivity index (χ1n) is 25.5. The van der Waals surface area contributed by atoms with Crippen molar-refractivity contribution in [3.8, 4) is 0 Å². The van der Waals surface area contributed by atoms with Crippen LogP contribution >= 0.6 is 7.60 Å². The zero-order chi connectivity index (χ0) is 60.0. The van der Waals surface area contributed by atoms with E-state index in [2.05, 4.69) is 60.4 Å². The van der Waals surface area contributed by atoms with Crippen LogP contribution in [0.15, 0.2) is 131 Å². The summed E-state index contributed by atoms with van der Waals surface area (Å²) in [5, 5.41) is 17.0. The Balaban J connectivity index is 0.000000435. The van der Waals surface area contributed by atoms with Gasteiger partial charge in [-0.1, -0.05) is 110 Å². The Morgan fingerprint density at radius 1 is 0.778 bits per heavy atom. The number of ether oxygens (including phenoxy) is 3. The zero-order valence-corrected chi connectivity index (χ0v) is 52.1. The van der Waals surface area contributed by atoms with Crippen LogP contribution in [0.25, 0.3) is 5.32 Å². The number of nitrogens with zero attached hydrogens (tertiary/aromatic N) is 2. The molecule has 0 saturated carbocycles. The predicted octanol–water partition coefficient (Wildman–Crippen LogP) is 4.81. The average molecular weight is 1170 g/mol. The van der Waals surface area contributed by atoms with Crippen LogP contribution in [0, 0.1) is 25.7 Å². The van der Waals surface area contributed by atoms with Crippen molar-refractivity contribution in [2.24, 2.45) is 29.3 Å². The summed E-state index contributed by atoms with van der Waals surface area (Å²) in [6, 6.07) is 21.6. The van der Waals surface area contributed by atoms with Crippen molar-refractivity contribution in [3.05, 3.63) is 170 Å². The van der Waals surface area contributed by atoms with Crippen LogP contribution in [0.3, 0.4) is 0 Å². The molecule has 6 amide bonds. The van der Waals surface area contributed by atoms with E-state index in [9.17, 15) is 48.0 Å². The molecule has 0 aromatic heterocycles. The molecule has 8 N–H and O–H groups in total. The monoisotopic (exact) mass is 1160 g/mol. The molecule has 4 aliphatic rings. The Morgan fingerprint density at radius 2 is 1.27 bits per heavy atom. The summed E-state index contributed by atoms with van der Waals surface area (Å²) in [7, 11) is -0.557. The van der Waals surface area contributed by atoms with Crippen LogP contribution in [-0.4, -0.2) is 115 Å². The summed E-state index contributed by atoms with van der Waals surface area (Å²) in [4.78, 5) is 97.4. The molecule has 21 nitrogen and oxygen atoms in total. The van der Waals surface area contributed by atoms with Gasteiger partial charge in [-0.25, -0.2) is 4.79 Å². The van der Waals surface area contributed by atoms with Crippen molar-refractivity contribution in [2.45, 2.75) is 99.6 Å². The number of amides is 6. The topological polar surface area (TPSA) is 327 Å². The van der Waals surface area contributed by atoms with Gasteiger partial charge in [-0.15, -0.1) is 0 Å². The molecule has 7 rings (SSSR count). The second-order valence-corrected chi connectivity index (χ2v) is 20.8. The molecule has 3 aliphatic heterocycles. The number of benzene rings is 3. The van der Waals surface area contributed by atoms with Gasteiger partial charge in [0.25, 0.3) is 17.7 Å². The van der Waals surface area contributed by atoms with Gasteiger partial charge >= 0.3 is 65.1 Å². The Labute approximate surface area is 516 Å². The number of ketones is 2. The molecule has 23 heteroatoms. The van der Waals surface area contributed by atoms with Gasteiger partial charge in [0.1, 0.15) is 12.4 Å².